The summed E-state index contributed by atoms with van der Waals surface area (Å²) in [6.07, 6.45) is 2.85. The van der Waals surface area contributed by atoms with Gasteiger partial charge in [0.2, 0.25) is 0 Å². The van der Waals surface area contributed by atoms with Crippen molar-refractivity contribution in [3.63, 3.8) is 0 Å². The summed E-state index contributed by atoms with van der Waals surface area (Å²) in [6.45, 7) is 1.90. The molecule has 0 saturated heterocycles. The summed E-state index contributed by atoms with van der Waals surface area (Å²) in [4.78, 5) is 16.4. The van der Waals surface area contributed by atoms with Crippen LogP contribution in [0.15, 0.2) is 48.7 Å². The van der Waals surface area contributed by atoms with Crippen LogP contribution in [-0.4, -0.2) is 47.0 Å². The van der Waals surface area contributed by atoms with Crippen LogP contribution in [0.3, 0.4) is 0 Å². The quantitative estimate of drug-likeness (QED) is 0.343. The summed E-state index contributed by atoms with van der Waals surface area (Å²) in [5.74, 6) is 0.804. The molecule has 1 N–H and O–H groups in total. The summed E-state index contributed by atoms with van der Waals surface area (Å²) >= 11 is 0. The molecule has 5 heteroatoms. The first-order valence-corrected chi connectivity index (χ1v) is 8.55. The maximum Gasteiger partial charge on any atom is 0.154 e. The van der Waals surface area contributed by atoms with Crippen molar-refractivity contribution in [3.05, 3.63) is 48.7 Å². The summed E-state index contributed by atoms with van der Waals surface area (Å²) in [6, 6.07) is 14.3. The molecule has 0 aliphatic rings. The van der Waals surface area contributed by atoms with Crippen molar-refractivity contribution in [3.8, 4) is 0 Å². The molecule has 2 aromatic heterocycles. The monoisotopic (exact) mass is 331 g/mol. The van der Waals surface area contributed by atoms with E-state index in [9.17, 15) is 0 Å². The highest BCUT2D eigenvalue weighted by Crippen LogP contribution is 2.26. The fourth-order valence-electron chi connectivity index (χ4n) is 3.07. The Labute approximate surface area is 146 Å². The molecule has 0 saturated carbocycles. The van der Waals surface area contributed by atoms with Gasteiger partial charge in [0.15, 0.2) is 5.82 Å². The first-order chi connectivity index (χ1) is 12.2. The van der Waals surface area contributed by atoms with Gasteiger partial charge < -0.3 is 10.2 Å². The molecule has 2 heterocycles. The van der Waals surface area contributed by atoms with E-state index in [0.717, 1.165) is 52.8 Å². The van der Waals surface area contributed by atoms with Crippen molar-refractivity contribution < 1.29 is 0 Å². The van der Waals surface area contributed by atoms with E-state index in [4.69, 9.17) is 9.97 Å². The first kappa shape index (κ1) is 15.7. The van der Waals surface area contributed by atoms with E-state index in [-0.39, 0.29) is 0 Å². The van der Waals surface area contributed by atoms with Crippen LogP contribution < -0.4 is 5.32 Å². The number of benzene rings is 2. The van der Waals surface area contributed by atoms with E-state index in [0.29, 0.717) is 0 Å². The molecule has 0 atom stereocenters. The van der Waals surface area contributed by atoms with Crippen LogP contribution >= 0.6 is 0 Å². The van der Waals surface area contributed by atoms with Gasteiger partial charge in [-0.2, -0.15) is 0 Å². The van der Waals surface area contributed by atoms with E-state index >= 15 is 0 Å². The molecule has 4 rings (SSSR count). The third-order valence-electron chi connectivity index (χ3n) is 4.32. The second-order valence-electron chi connectivity index (χ2n) is 6.49. The van der Waals surface area contributed by atoms with E-state index in [1.54, 1.807) is 6.20 Å². The molecule has 0 unspecified atom stereocenters. The van der Waals surface area contributed by atoms with Crippen molar-refractivity contribution >= 4 is 38.7 Å². The number of fused-ring (bicyclic) bond motifs is 4. The Hall–Kier alpha value is -2.79. The normalized spacial score (nSPS) is 11.6. The highest BCUT2D eigenvalue weighted by Gasteiger charge is 2.09. The zero-order valence-electron chi connectivity index (χ0n) is 14.5. The van der Waals surface area contributed by atoms with Crippen LogP contribution in [0.4, 0.5) is 5.82 Å². The number of nitrogens with zero attached hydrogens (tertiary/aromatic N) is 4. The van der Waals surface area contributed by atoms with Gasteiger partial charge in [-0.05, 0) is 44.6 Å². The van der Waals surface area contributed by atoms with Crippen LogP contribution in [-0.2, 0) is 0 Å². The molecule has 2 aromatic carbocycles. The van der Waals surface area contributed by atoms with E-state index in [1.165, 1.54) is 5.39 Å². The molecule has 0 aliphatic heterocycles. The molecule has 126 valence electrons. The molecular weight excluding hydrogens is 310 g/mol. The zero-order valence-corrected chi connectivity index (χ0v) is 14.5. The number of hydrogen-bond donors (Lipinski definition) is 1. The van der Waals surface area contributed by atoms with E-state index in [2.05, 4.69) is 47.5 Å². The van der Waals surface area contributed by atoms with Gasteiger partial charge in [0.25, 0.3) is 0 Å². The van der Waals surface area contributed by atoms with Crippen molar-refractivity contribution in [2.45, 2.75) is 6.42 Å². The highest BCUT2D eigenvalue weighted by atomic mass is 15.1. The lowest BCUT2D eigenvalue weighted by molar-refractivity contribution is 0.405. The lowest BCUT2D eigenvalue weighted by Crippen LogP contribution is -2.16. The molecular formula is C20H21N5. The Morgan fingerprint density at radius 3 is 2.60 bits per heavy atom. The average molecular weight is 331 g/mol. The number of pyridine rings is 1. The molecule has 0 bridgehead atoms. The van der Waals surface area contributed by atoms with Crippen LogP contribution in [0, 0.1) is 0 Å². The second-order valence-corrected chi connectivity index (χ2v) is 6.49. The van der Waals surface area contributed by atoms with E-state index < -0.39 is 0 Å². The zero-order chi connectivity index (χ0) is 17.2. The maximum absolute atomic E-state index is 4.87. The first-order valence-electron chi connectivity index (χ1n) is 8.55. The topological polar surface area (TPSA) is 53.9 Å². The Morgan fingerprint density at radius 1 is 0.920 bits per heavy atom. The number of rotatable bonds is 5. The van der Waals surface area contributed by atoms with E-state index in [1.807, 2.05) is 24.3 Å². The SMILES string of the molecule is CN(C)CCCNc1nccc2nc3c(ccc4ccccc43)nc12. The predicted molar refractivity (Wildman–Crippen MR) is 104 cm³/mol. The van der Waals surface area contributed by atoms with Crippen molar-refractivity contribution in [2.24, 2.45) is 0 Å². The Kier molecular flexibility index (Phi) is 4.15. The summed E-state index contributed by atoms with van der Waals surface area (Å²) < 4.78 is 0. The molecule has 25 heavy (non-hydrogen) atoms. The third kappa shape index (κ3) is 3.10. The third-order valence-corrected chi connectivity index (χ3v) is 4.32. The lowest BCUT2D eigenvalue weighted by atomic mass is 10.1. The molecule has 5 nitrogen and oxygen atoms in total. The molecule has 0 fully saturated rings. The lowest BCUT2D eigenvalue weighted by Gasteiger charge is -2.11. The molecule has 0 spiro atoms. The van der Waals surface area contributed by atoms with Gasteiger partial charge in [0.1, 0.15) is 5.52 Å². The van der Waals surface area contributed by atoms with Crippen molar-refractivity contribution in [1.29, 1.82) is 0 Å². The van der Waals surface area contributed by atoms with Gasteiger partial charge >= 0.3 is 0 Å². The number of nitrogens with one attached hydrogen (secondary N) is 1. The van der Waals surface area contributed by atoms with Crippen LogP contribution in [0.1, 0.15) is 6.42 Å². The van der Waals surface area contributed by atoms with Gasteiger partial charge in [-0.15, -0.1) is 0 Å². The van der Waals surface area contributed by atoms with Gasteiger partial charge in [-0.3, -0.25) is 0 Å². The average Bonchev–Trinajstić information content (AvgIpc) is 2.63. The predicted octanol–water partition coefficient (Wildman–Crippen LogP) is 3.69. The fraction of sp³-hybridized carbons (Fsp3) is 0.250. The Morgan fingerprint density at radius 2 is 1.72 bits per heavy atom. The van der Waals surface area contributed by atoms with Crippen LogP contribution in [0.25, 0.3) is 32.8 Å². The molecule has 0 aliphatic carbocycles. The minimum Gasteiger partial charge on any atom is -0.368 e. The van der Waals surface area contributed by atoms with Gasteiger partial charge in [-0.1, -0.05) is 30.3 Å². The smallest absolute Gasteiger partial charge is 0.154 e. The maximum atomic E-state index is 4.87. The highest BCUT2D eigenvalue weighted by molar-refractivity contribution is 6.06. The molecule has 4 aromatic rings. The number of hydrogen-bond acceptors (Lipinski definition) is 5. The standard InChI is InChI=1S/C20H21N5/c1-25(2)13-5-11-21-20-19-17(10-12-22-20)23-18-15-7-4-3-6-14(15)8-9-16(18)24-19/h3-4,6-10,12H,5,11,13H2,1-2H3,(H,21,22). The summed E-state index contributed by atoms with van der Waals surface area (Å²) in [5, 5.41) is 5.72. The summed E-state index contributed by atoms with van der Waals surface area (Å²) in [7, 11) is 4.16. The van der Waals surface area contributed by atoms with Crippen molar-refractivity contribution in [1.82, 2.24) is 19.9 Å². The number of anilines is 1. The molecule has 0 radical (unpaired) electrons. The van der Waals surface area contributed by atoms with Crippen LogP contribution in [0.2, 0.25) is 0 Å². The second kappa shape index (κ2) is 6.61. The largest absolute Gasteiger partial charge is 0.368 e. The van der Waals surface area contributed by atoms with Crippen molar-refractivity contribution in [2.75, 3.05) is 32.5 Å². The Bertz CT molecular complexity index is 1040. The minimum absolute atomic E-state index is 0.804. The number of aromatic nitrogens is 3. The van der Waals surface area contributed by atoms with Gasteiger partial charge in [0, 0.05) is 18.1 Å². The van der Waals surface area contributed by atoms with Crippen LogP contribution in [0.5, 0.6) is 0 Å². The minimum atomic E-state index is 0.804. The van der Waals surface area contributed by atoms with Gasteiger partial charge in [-0.25, -0.2) is 15.0 Å². The molecule has 0 amide bonds. The Balaban J connectivity index is 1.76. The fourth-order valence-corrected chi connectivity index (χ4v) is 3.07. The summed E-state index contributed by atoms with van der Waals surface area (Å²) in [5.41, 5.74) is 3.54. The van der Waals surface area contributed by atoms with Gasteiger partial charge in [0.05, 0.1) is 16.6 Å².